The second kappa shape index (κ2) is 8.43. The van der Waals surface area contributed by atoms with Gasteiger partial charge in [-0.25, -0.2) is 9.37 Å². The minimum Gasteiger partial charge on any atom is -0.482 e. The SMILES string of the molecule is CCc1nc2c(OCC(=O)c3ccc(F)cc3)cccn2c1N(C)C(=O)C(C)C. The third-order valence-corrected chi connectivity index (χ3v) is 4.66. The average Bonchev–Trinajstić information content (AvgIpc) is 3.10. The molecule has 6 nitrogen and oxygen atoms in total. The summed E-state index contributed by atoms with van der Waals surface area (Å²) in [6.07, 6.45) is 2.45. The Morgan fingerprint density at radius 3 is 2.52 bits per heavy atom. The van der Waals surface area contributed by atoms with E-state index in [0.29, 0.717) is 29.2 Å². The summed E-state index contributed by atoms with van der Waals surface area (Å²) in [5.41, 5.74) is 1.68. The largest absolute Gasteiger partial charge is 0.482 e. The molecule has 0 aliphatic heterocycles. The van der Waals surface area contributed by atoms with Crippen LogP contribution in [0.1, 0.15) is 36.8 Å². The molecule has 0 saturated heterocycles. The second-order valence-corrected chi connectivity index (χ2v) is 7.07. The quantitative estimate of drug-likeness (QED) is 0.567. The van der Waals surface area contributed by atoms with Crippen molar-refractivity contribution in [1.29, 1.82) is 0 Å². The molecule has 0 fully saturated rings. The molecule has 0 bridgehead atoms. The highest BCUT2D eigenvalue weighted by molar-refractivity contribution is 5.97. The van der Waals surface area contributed by atoms with E-state index in [9.17, 15) is 14.0 Å². The van der Waals surface area contributed by atoms with Crippen LogP contribution in [0.4, 0.5) is 10.2 Å². The lowest BCUT2D eigenvalue weighted by molar-refractivity contribution is -0.121. The number of fused-ring (bicyclic) bond motifs is 1. The summed E-state index contributed by atoms with van der Waals surface area (Å²) in [6, 6.07) is 8.85. The van der Waals surface area contributed by atoms with Gasteiger partial charge in [-0.3, -0.25) is 18.9 Å². The summed E-state index contributed by atoms with van der Waals surface area (Å²) in [5.74, 6) is 0.305. The van der Waals surface area contributed by atoms with Crippen molar-refractivity contribution in [3.05, 3.63) is 59.7 Å². The molecule has 0 radical (unpaired) electrons. The molecular weight excluding hydrogens is 373 g/mol. The highest BCUT2D eigenvalue weighted by Gasteiger charge is 2.23. The van der Waals surface area contributed by atoms with Gasteiger partial charge < -0.3 is 4.74 Å². The van der Waals surface area contributed by atoms with E-state index in [1.807, 2.05) is 27.0 Å². The maximum Gasteiger partial charge on any atom is 0.230 e. The Hall–Kier alpha value is -3.22. The van der Waals surface area contributed by atoms with Crippen molar-refractivity contribution in [2.24, 2.45) is 5.92 Å². The Morgan fingerprint density at radius 1 is 1.21 bits per heavy atom. The third kappa shape index (κ3) is 4.13. The van der Waals surface area contributed by atoms with Gasteiger partial charge in [-0.05, 0) is 42.8 Å². The number of aryl methyl sites for hydroxylation is 1. The summed E-state index contributed by atoms with van der Waals surface area (Å²) >= 11 is 0. The van der Waals surface area contributed by atoms with E-state index >= 15 is 0 Å². The van der Waals surface area contributed by atoms with Crippen LogP contribution in [0.3, 0.4) is 0 Å². The van der Waals surface area contributed by atoms with E-state index in [1.165, 1.54) is 24.3 Å². The number of halogens is 1. The van der Waals surface area contributed by atoms with Crippen molar-refractivity contribution >= 4 is 23.2 Å². The third-order valence-electron chi connectivity index (χ3n) is 4.66. The topological polar surface area (TPSA) is 63.9 Å². The van der Waals surface area contributed by atoms with Gasteiger partial charge in [0.2, 0.25) is 5.91 Å². The van der Waals surface area contributed by atoms with Gasteiger partial charge >= 0.3 is 0 Å². The number of carbonyl (C=O) groups excluding carboxylic acids is 2. The fourth-order valence-corrected chi connectivity index (χ4v) is 3.14. The normalized spacial score (nSPS) is 11.1. The fraction of sp³-hybridized carbons (Fsp3) is 0.318. The average molecular weight is 397 g/mol. The van der Waals surface area contributed by atoms with Crippen LogP contribution in [-0.2, 0) is 11.2 Å². The lowest BCUT2D eigenvalue weighted by Crippen LogP contribution is -2.31. The second-order valence-electron chi connectivity index (χ2n) is 7.07. The molecule has 1 aromatic carbocycles. The Bertz CT molecular complexity index is 1040. The molecule has 0 aliphatic rings. The van der Waals surface area contributed by atoms with Crippen LogP contribution in [0.2, 0.25) is 0 Å². The number of carbonyl (C=O) groups is 2. The summed E-state index contributed by atoms with van der Waals surface area (Å²) in [5, 5.41) is 0. The molecule has 0 aliphatic carbocycles. The van der Waals surface area contributed by atoms with Gasteiger partial charge in [0, 0.05) is 24.7 Å². The lowest BCUT2D eigenvalue weighted by Gasteiger charge is -2.20. The zero-order chi connectivity index (χ0) is 21.1. The first-order valence-corrected chi connectivity index (χ1v) is 9.52. The molecule has 3 rings (SSSR count). The van der Waals surface area contributed by atoms with E-state index < -0.39 is 5.82 Å². The minimum atomic E-state index is -0.399. The first-order valence-electron chi connectivity index (χ1n) is 9.52. The number of nitrogens with zero attached hydrogens (tertiary/aromatic N) is 3. The number of ketones is 1. The number of ether oxygens (including phenoxy) is 1. The van der Waals surface area contributed by atoms with Crippen LogP contribution < -0.4 is 9.64 Å². The van der Waals surface area contributed by atoms with Gasteiger partial charge in [0.25, 0.3) is 0 Å². The van der Waals surface area contributed by atoms with Crippen molar-refractivity contribution in [3.8, 4) is 5.75 Å². The molecule has 1 amide bonds. The van der Waals surface area contributed by atoms with E-state index in [0.717, 1.165) is 5.69 Å². The Kier molecular flexibility index (Phi) is 5.96. The number of amides is 1. The number of benzene rings is 1. The van der Waals surface area contributed by atoms with Crippen LogP contribution in [0.15, 0.2) is 42.6 Å². The lowest BCUT2D eigenvalue weighted by atomic mass is 10.1. The predicted octanol–water partition coefficient (Wildman–Crippen LogP) is 3.92. The minimum absolute atomic E-state index is 0.0145. The molecular formula is C22H24FN3O3. The summed E-state index contributed by atoms with van der Waals surface area (Å²) in [4.78, 5) is 31.1. The van der Waals surface area contributed by atoms with Gasteiger partial charge in [-0.15, -0.1) is 0 Å². The van der Waals surface area contributed by atoms with Crippen LogP contribution in [0, 0.1) is 11.7 Å². The Morgan fingerprint density at radius 2 is 1.90 bits per heavy atom. The molecule has 0 unspecified atom stereocenters. The van der Waals surface area contributed by atoms with Crippen LogP contribution in [0.5, 0.6) is 5.75 Å². The zero-order valence-electron chi connectivity index (χ0n) is 17.0. The molecule has 0 saturated carbocycles. The smallest absolute Gasteiger partial charge is 0.230 e. The van der Waals surface area contributed by atoms with E-state index in [1.54, 1.807) is 28.5 Å². The highest BCUT2D eigenvalue weighted by Crippen LogP contribution is 2.28. The maximum absolute atomic E-state index is 13.0. The molecule has 152 valence electrons. The molecule has 3 aromatic rings. The number of anilines is 1. The van der Waals surface area contributed by atoms with Crippen LogP contribution >= 0.6 is 0 Å². The first kappa shape index (κ1) is 20.5. The monoisotopic (exact) mass is 397 g/mol. The van der Waals surface area contributed by atoms with Crippen molar-refractivity contribution in [2.45, 2.75) is 27.2 Å². The molecule has 0 spiro atoms. The molecule has 2 heterocycles. The van der Waals surface area contributed by atoms with Gasteiger partial charge in [0.1, 0.15) is 11.6 Å². The number of imidazole rings is 1. The zero-order valence-corrected chi connectivity index (χ0v) is 17.0. The van der Waals surface area contributed by atoms with Gasteiger partial charge in [0.05, 0.1) is 5.69 Å². The summed E-state index contributed by atoms with van der Waals surface area (Å²) in [7, 11) is 1.73. The van der Waals surface area contributed by atoms with Crippen LogP contribution in [0.25, 0.3) is 5.65 Å². The van der Waals surface area contributed by atoms with Gasteiger partial charge in [-0.2, -0.15) is 0 Å². The number of aromatic nitrogens is 2. The van der Waals surface area contributed by atoms with Gasteiger partial charge in [-0.1, -0.05) is 20.8 Å². The standard InChI is InChI=1S/C22H24FN3O3/c1-5-17-21(25(4)22(28)14(2)3)26-12-6-7-19(20(26)24-17)29-13-18(27)15-8-10-16(23)11-9-15/h6-12,14H,5,13H2,1-4H3. The van der Waals surface area contributed by atoms with Crippen molar-refractivity contribution in [2.75, 3.05) is 18.6 Å². The van der Waals surface area contributed by atoms with Gasteiger partial charge in [0.15, 0.2) is 23.8 Å². The molecule has 0 N–H and O–H groups in total. The number of pyridine rings is 1. The maximum atomic E-state index is 13.0. The van der Waals surface area contributed by atoms with E-state index in [-0.39, 0.29) is 24.2 Å². The van der Waals surface area contributed by atoms with Crippen molar-refractivity contribution in [3.63, 3.8) is 0 Å². The molecule has 2 aromatic heterocycles. The summed E-state index contributed by atoms with van der Waals surface area (Å²) in [6.45, 7) is 5.47. The number of hydrogen-bond acceptors (Lipinski definition) is 4. The molecule has 0 atom stereocenters. The first-order chi connectivity index (χ1) is 13.8. The Balaban J connectivity index is 1.91. The molecule has 7 heteroatoms. The number of Topliss-reactive ketones (excluding diaryl/α,β-unsaturated/α-hetero) is 1. The molecule has 29 heavy (non-hydrogen) atoms. The highest BCUT2D eigenvalue weighted by atomic mass is 19.1. The predicted molar refractivity (Wildman–Crippen MR) is 109 cm³/mol. The number of hydrogen-bond donors (Lipinski definition) is 0. The van der Waals surface area contributed by atoms with E-state index in [4.69, 9.17) is 4.74 Å². The number of rotatable bonds is 7. The Labute approximate surface area is 168 Å². The van der Waals surface area contributed by atoms with Crippen LogP contribution in [-0.4, -0.2) is 34.7 Å². The summed E-state index contributed by atoms with van der Waals surface area (Å²) < 4.78 is 20.6. The van der Waals surface area contributed by atoms with E-state index in [2.05, 4.69) is 4.98 Å². The van der Waals surface area contributed by atoms with Crippen molar-refractivity contribution in [1.82, 2.24) is 9.38 Å². The fourth-order valence-electron chi connectivity index (χ4n) is 3.14. The van der Waals surface area contributed by atoms with Crippen molar-refractivity contribution < 1.29 is 18.7 Å².